The number of nitrogens with zero attached hydrogens (tertiary/aromatic N) is 3. The SMILES string of the molecule is CC(=O)N(c1ccc2c(c1)OCO2)c1c(C(C)C)nc2ccccn12. The third-order valence-corrected chi connectivity index (χ3v) is 4.22. The Morgan fingerprint density at radius 2 is 2.00 bits per heavy atom. The maximum Gasteiger partial charge on any atom is 0.231 e. The number of carbonyl (C=O) groups is 1. The van der Waals surface area contributed by atoms with Gasteiger partial charge in [0.05, 0.1) is 11.4 Å². The Balaban J connectivity index is 1.94. The molecule has 128 valence electrons. The number of imidazole rings is 1. The second-order valence-electron chi connectivity index (χ2n) is 6.30. The molecule has 0 atom stereocenters. The molecule has 0 radical (unpaired) electrons. The van der Waals surface area contributed by atoms with Crippen molar-refractivity contribution in [1.29, 1.82) is 0 Å². The normalized spacial score (nSPS) is 12.8. The summed E-state index contributed by atoms with van der Waals surface area (Å²) in [5.41, 5.74) is 2.41. The van der Waals surface area contributed by atoms with E-state index < -0.39 is 0 Å². The predicted octanol–water partition coefficient (Wildman–Crippen LogP) is 3.87. The van der Waals surface area contributed by atoms with Crippen LogP contribution in [0.1, 0.15) is 32.4 Å². The number of hydrogen-bond donors (Lipinski definition) is 0. The lowest BCUT2D eigenvalue weighted by Crippen LogP contribution is -2.25. The Hall–Kier alpha value is -3.02. The Morgan fingerprint density at radius 3 is 2.76 bits per heavy atom. The zero-order valence-electron chi connectivity index (χ0n) is 14.4. The monoisotopic (exact) mass is 337 g/mol. The number of fused-ring (bicyclic) bond motifs is 2. The standard InChI is InChI=1S/C19H19N3O3/c1-12(2)18-19(21-9-5-4-6-17(21)20-18)22(13(3)23)14-7-8-15-16(10-14)25-11-24-15/h4-10,12H,11H2,1-3H3. The zero-order valence-corrected chi connectivity index (χ0v) is 14.4. The second-order valence-corrected chi connectivity index (χ2v) is 6.30. The van der Waals surface area contributed by atoms with E-state index in [4.69, 9.17) is 14.5 Å². The number of carbonyl (C=O) groups excluding carboxylic acids is 1. The highest BCUT2D eigenvalue weighted by molar-refractivity contribution is 5.99. The van der Waals surface area contributed by atoms with E-state index in [1.165, 1.54) is 0 Å². The van der Waals surface area contributed by atoms with E-state index in [1.807, 2.05) is 47.0 Å². The molecule has 6 nitrogen and oxygen atoms in total. The van der Waals surface area contributed by atoms with Gasteiger partial charge in [-0.3, -0.25) is 14.1 Å². The number of benzene rings is 1. The Kier molecular flexibility index (Phi) is 3.60. The number of rotatable bonds is 3. The van der Waals surface area contributed by atoms with Crippen LogP contribution in [0, 0.1) is 0 Å². The van der Waals surface area contributed by atoms with Gasteiger partial charge in [0.25, 0.3) is 0 Å². The van der Waals surface area contributed by atoms with Crippen molar-refractivity contribution < 1.29 is 14.3 Å². The smallest absolute Gasteiger partial charge is 0.231 e. The second kappa shape index (κ2) is 5.81. The first-order valence-corrected chi connectivity index (χ1v) is 8.23. The largest absolute Gasteiger partial charge is 0.454 e. The van der Waals surface area contributed by atoms with Gasteiger partial charge in [0.2, 0.25) is 12.7 Å². The topological polar surface area (TPSA) is 56.1 Å². The number of ether oxygens (including phenoxy) is 2. The van der Waals surface area contributed by atoms with Crippen LogP contribution in [0.3, 0.4) is 0 Å². The Labute approximate surface area is 145 Å². The molecular weight excluding hydrogens is 318 g/mol. The van der Waals surface area contributed by atoms with Crippen molar-refractivity contribution >= 4 is 23.1 Å². The van der Waals surface area contributed by atoms with Crippen LogP contribution >= 0.6 is 0 Å². The van der Waals surface area contributed by atoms with Crippen LogP contribution in [-0.4, -0.2) is 22.1 Å². The Morgan fingerprint density at radius 1 is 1.20 bits per heavy atom. The van der Waals surface area contributed by atoms with Crippen LogP contribution in [0.25, 0.3) is 5.65 Å². The van der Waals surface area contributed by atoms with Gasteiger partial charge in [-0.1, -0.05) is 19.9 Å². The lowest BCUT2D eigenvalue weighted by Gasteiger charge is -2.23. The molecule has 0 N–H and O–H groups in total. The van der Waals surface area contributed by atoms with Crippen molar-refractivity contribution in [2.75, 3.05) is 11.7 Å². The van der Waals surface area contributed by atoms with Gasteiger partial charge in [0.1, 0.15) is 11.5 Å². The number of amides is 1. The summed E-state index contributed by atoms with van der Waals surface area (Å²) < 4.78 is 12.8. The molecule has 1 aliphatic rings. The van der Waals surface area contributed by atoms with Gasteiger partial charge in [-0.25, -0.2) is 4.98 Å². The molecule has 2 aromatic heterocycles. The molecule has 1 aromatic carbocycles. The molecule has 3 aromatic rings. The molecule has 1 amide bonds. The first-order valence-electron chi connectivity index (χ1n) is 8.23. The van der Waals surface area contributed by atoms with Crippen LogP contribution in [0.2, 0.25) is 0 Å². The van der Waals surface area contributed by atoms with Crippen LogP contribution in [0.15, 0.2) is 42.6 Å². The van der Waals surface area contributed by atoms with Crippen molar-refractivity contribution in [3.63, 3.8) is 0 Å². The summed E-state index contributed by atoms with van der Waals surface area (Å²) in [5.74, 6) is 2.17. The summed E-state index contributed by atoms with van der Waals surface area (Å²) in [4.78, 5) is 19.0. The van der Waals surface area contributed by atoms with E-state index in [1.54, 1.807) is 11.8 Å². The summed E-state index contributed by atoms with van der Waals surface area (Å²) in [5, 5.41) is 0. The molecule has 0 fully saturated rings. The maximum absolute atomic E-state index is 12.6. The minimum Gasteiger partial charge on any atom is -0.454 e. The van der Waals surface area contributed by atoms with Crippen LogP contribution in [-0.2, 0) is 4.79 Å². The number of pyridine rings is 1. The average Bonchev–Trinajstić information content (AvgIpc) is 3.19. The lowest BCUT2D eigenvalue weighted by molar-refractivity contribution is -0.115. The molecule has 6 heteroatoms. The summed E-state index contributed by atoms with van der Waals surface area (Å²) in [6.45, 7) is 5.90. The van der Waals surface area contributed by atoms with Crippen molar-refractivity contribution in [3.05, 3.63) is 48.3 Å². The minimum absolute atomic E-state index is 0.0913. The van der Waals surface area contributed by atoms with E-state index in [0.29, 0.717) is 11.5 Å². The van der Waals surface area contributed by atoms with Crippen molar-refractivity contribution in [3.8, 4) is 11.5 Å². The highest BCUT2D eigenvalue weighted by Gasteiger charge is 2.26. The molecule has 0 unspecified atom stereocenters. The van der Waals surface area contributed by atoms with Gasteiger partial charge in [-0.05, 0) is 30.2 Å². The fourth-order valence-corrected chi connectivity index (χ4v) is 3.09. The fourth-order valence-electron chi connectivity index (χ4n) is 3.09. The molecule has 25 heavy (non-hydrogen) atoms. The first kappa shape index (κ1) is 15.5. The van der Waals surface area contributed by atoms with E-state index in [2.05, 4.69) is 13.8 Å². The van der Waals surface area contributed by atoms with Crippen LogP contribution < -0.4 is 14.4 Å². The van der Waals surface area contributed by atoms with Gasteiger partial charge in [0.15, 0.2) is 11.5 Å². The van der Waals surface area contributed by atoms with E-state index in [0.717, 1.165) is 22.8 Å². The Bertz CT molecular complexity index is 962. The maximum atomic E-state index is 12.6. The zero-order chi connectivity index (χ0) is 17.6. The van der Waals surface area contributed by atoms with Crippen LogP contribution in [0.5, 0.6) is 11.5 Å². The third kappa shape index (κ3) is 2.50. The number of anilines is 2. The third-order valence-electron chi connectivity index (χ3n) is 4.22. The van der Waals surface area contributed by atoms with E-state index in [-0.39, 0.29) is 18.6 Å². The molecular formula is C19H19N3O3. The van der Waals surface area contributed by atoms with Gasteiger partial charge >= 0.3 is 0 Å². The summed E-state index contributed by atoms with van der Waals surface area (Å²) in [6.07, 6.45) is 1.92. The molecule has 0 spiro atoms. The molecule has 0 saturated heterocycles. The van der Waals surface area contributed by atoms with Crippen LogP contribution in [0.4, 0.5) is 11.5 Å². The molecule has 1 aliphatic heterocycles. The quantitative estimate of drug-likeness (QED) is 0.728. The van der Waals surface area contributed by atoms with Crippen molar-refractivity contribution in [1.82, 2.24) is 9.38 Å². The molecule has 4 rings (SSSR count). The summed E-state index contributed by atoms with van der Waals surface area (Å²) >= 11 is 0. The lowest BCUT2D eigenvalue weighted by atomic mass is 10.1. The van der Waals surface area contributed by atoms with Gasteiger partial charge in [-0.15, -0.1) is 0 Å². The van der Waals surface area contributed by atoms with Gasteiger partial charge in [0, 0.05) is 19.2 Å². The van der Waals surface area contributed by atoms with Crippen molar-refractivity contribution in [2.24, 2.45) is 0 Å². The highest BCUT2D eigenvalue weighted by Crippen LogP contribution is 2.39. The minimum atomic E-state index is -0.0913. The molecule has 0 saturated carbocycles. The fraction of sp³-hybridized carbons (Fsp3) is 0.263. The number of hydrogen-bond acceptors (Lipinski definition) is 4. The summed E-state index contributed by atoms with van der Waals surface area (Å²) in [6, 6.07) is 11.3. The van der Waals surface area contributed by atoms with E-state index >= 15 is 0 Å². The summed E-state index contributed by atoms with van der Waals surface area (Å²) in [7, 11) is 0. The van der Waals surface area contributed by atoms with E-state index in [9.17, 15) is 4.79 Å². The highest BCUT2D eigenvalue weighted by atomic mass is 16.7. The molecule has 3 heterocycles. The van der Waals surface area contributed by atoms with Gasteiger partial charge < -0.3 is 9.47 Å². The first-order chi connectivity index (χ1) is 12.1. The predicted molar refractivity (Wildman–Crippen MR) is 94.7 cm³/mol. The molecule has 0 aliphatic carbocycles. The van der Waals surface area contributed by atoms with Gasteiger partial charge in [-0.2, -0.15) is 0 Å². The molecule has 0 bridgehead atoms. The number of aromatic nitrogens is 2. The average molecular weight is 337 g/mol. The van der Waals surface area contributed by atoms with Crippen molar-refractivity contribution in [2.45, 2.75) is 26.7 Å².